The molecule has 0 aliphatic heterocycles. The molecule has 2 aromatic rings. The Morgan fingerprint density at radius 2 is 2.05 bits per heavy atom. The number of halogens is 1. The van der Waals surface area contributed by atoms with Gasteiger partial charge in [0.1, 0.15) is 17.9 Å². The molecule has 2 rings (SSSR count). The van der Waals surface area contributed by atoms with Crippen molar-refractivity contribution in [2.75, 3.05) is 39.3 Å². The third-order valence-electron chi connectivity index (χ3n) is 2.88. The topological polar surface area (TPSA) is 47.5 Å². The molecule has 0 N–H and O–H groups in total. The zero-order valence-corrected chi connectivity index (χ0v) is 12.8. The minimum Gasteiger partial charge on any atom is -0.496 e. The highest BCUT2D eigenvalue weighted by atomic mass is 79.9. The van der Waals surface area contributed by atoms with Gasteiger partial charge in [0.15, 0.2) is 0 Å². The average molecular weight is 326 g/mol. The summed E-state index contributed by atoms with van der Waals surface area (Å²) in [6, 6.07) is 3.88. The van der Waals surface area contributed by atoms with Gasteiger partial charge in [0.2, 0.25) is 0 Å². The summed E-state index contributed by atoms with van der Waals surface area (Å²) in [7, 11) is 5.31. The van der Waals surface area contributed by atoms with Gasteiger partial charge in [-0.25, -0.2) is 9.97 Å². The fraction of sp³-hybridized carbons (Fsp3) is 0.385. The van der Waals surface area contributed by atoms with E-state index in [0.717, 1.165) is 33.5 Å². The van der Waals surface area contributed by atoms with Crippen LogP contribution < -0.4 is 9.64 Å². The van der Waals surface area contributed by atoms with Crippen molar-refractivity contribution in [3.8, 4) is 5.75 Å². The number of nitrogens with zero attached hydrogens (tertiary/aromatic N) is 3. The Bertz CT molecular complexity index is 577. The summed E-state index contributed by atoms with van der Waals surface area (Å²) in [5.74, 6) is 1.64. The van der Waals surface area contributed by atoms with Crippen molar-refractivity contribution in [2.45, 2.75) is 0 Å². The molecular weight excluding hydrogens is 310 g/mol. The van der Waals surface area contributed by atoms with Crippen LogP contribution >= 0.6 is 15.9 Å². The molecule has 0 saturated heterocycles. The average Bonchev–Trinajstić information content (AvgIpc) is 2.43. The standard InChI is InChI=1S/C13H16BrN3O2/c1-17(4-5-18-2)13-9-6-12(19-3)10(14)7-11(9)15-8-16-13/h6-8H,4-5H2,1-3H3. The van der Waals surface area contributed by atoms with Gasteiger partial charge in [0.25, 0.3) is 0 Å². The van der Waals surface area contributed by atoms with E-state index in [4.69, 9.17) is 9.47 Å². The summed E-state index contributed by atoms with van der Waals surface area (Å²) in [4.78, 5) is 10.7. The van der Waals surface area contributed by atoms with Gasteiger partial charge in [-0.15, -0.1) is 0 Å². The van der Waals surface area contributed by atoms with Crippen LogP contribution in [0.2, 0.25) is 0 Å². The lowest BCUT2D eigenvalue weighted by Gasteiger charge is -2.19. The number of hydrogen-bond donors (Lipinski definition) is 0. The fourth-order valence-corrected chi connectivity index (χ4v) is 2.33. The molecule has 102 valence electrons. The number of fused-ring (bicyclic) bond motifs is 1. The van der Waals surface area contributed by atoms with E-state index < -0.39 is 0 Å². The fourth-order valence-electron chi connectivity index (χ4n) is 1.84. The van der Waals surface area contributed by atoms with Crippen LogP contribution in [0.15, 0.2) is 22.9 Å². The van der Waals surface area contributed by atoms with E-state index in [2.05, 4.69) is 25.9 Å². The van der Waals surface area contributed by atoms with Crippen molar-refractivity contribution < 1.29 is 9.47 Å². The van der Waals surface area contributed by atoms with Crippen LogP contribution in [-0.4, -0.2) is 44.4 Å². The molecular formula is C13H16BrN3O2. The van der Waals surface area contributed by atoms with Crippen molar-refractivity contribution in [3.63, 3.8) is 0 Å². The summed E-state index contributed by atoms with van der Waals surface area (Å²) in [6.07, 6.45) is 1.57. The molecule has 0 bridgehead atoms. The Kier molecular flexibility index (Phi) is 4.55. The highest BCUT2D eigenvalue weighted by molar-refractivity contribution is 9.10. The summed E-state index contributed by atoms with van der Waals surface area (Å²) >= 11 is 3.46. The quantitative estimate of drug-likeness (QED) is 0.845. The highest BCUT2D eigenvalue weighted by Gasteiger charge is 2.11. The Labute approximate surface area is 120 Å². The molecule has 1 heterocycles. The Balaban J connectivity index is 2.49. The molecule has 1 aromatic carbocycles. The molecule has 19 heavy (non-hydrogen) atoms. The van der Waals surface area contributed by atoms with Gasteiger partial charge in [-0.1, -0.05) is 0 Å². The van der Waals surface area contributed by atoms with Crippen LogP contribution in [0.3, 0.4) is 0 Å². The van der Waals surface area contributed by atoms with Gasteiger partial charge >= 0.3 is 0 Å². The number of aromatic nitrogens is 2. The number of anilines is 1. The molecule has 0 aliphatic rings. The van der Waals surface area contributed by atoms with E-state index in [-0.39, 0.29) is 0 Å². The van der Waals surface area contributed by atoms with Crippen molar-refractivity contribution in [2.24, 2.45) is 0 Å². The van der Waals surface area contributed by atoms with Crippen LogP contribution in [0.4, 0.5) is 5.82 Å². The van der Waals surface area contributed by atoms with Gasteiger partial charge in [0.05, 0.1) is 23.7 Å². The third-order valence-corrected chi connectivity index (χ3v) is 3.50. The van der Waals surface area contributed by atoms with E-state index in [0.29, 0.717) is 6.61 Å². The minimum absolute atomic E-state index is 0.648. The van der Waals surface area contributed by atoms with Gasteiger partial charge < -0.3 is 14.4 Å². The van der Waals surface area contributed by atoms with E-state index in [9.17, 15) is 0 Å². The van der Waals surface area contributed by atoms with Crippen LogP contribution in [0.25, 0.3) is 10.9 Å². The monoisotopic (exact) mass is 325 g/mol. The van der Waals surface area contributed by atoms with Crippen molar-refractivity contribution in [1.82, 2.24) is 9.97 Å². The molecule has 0 unspecified atom stereocenters. The van der Waals surface area contributed by atoms with Crippen molar-refractivity contribution >= 4 is 32.7 Å². The number of methoxy groups -OCH3 is 2. The Morgan fingerprint density at radius 1 is 1.26 bits per heavy atom. The molecule has 0 aliphatic carbocycles. The summed E-state index contributed by atoms with van der Waals surface area (Å²) < 4.78 is 11.3. The molecule has 0 fully saturated rings. The first-order chi connectivity index (χ1) is 9.17. The normalized spacial score (nSPS) is 10.7. The molecule has 0 saturated carbocycles. The van der Waals surface area contributed by atoms with Gasteiger partial charge in [-0.05, 0) is 28.1 Å². The van der Waals surface area contributed by atoms with Crippen LogP contribution in [-0.2, 0) is 4.74 Å². The SMILES string of the molecule is COCCN(C)c1ncnc2cc(Br)c(OC)cc12. The van der Waals surface area contributed by atoms with E-state index >= 15 is 0 Å². The van der Waals surface area contributed by atoms with Gasteiger partial charge in [-0.2, -0.15) is 0 Å². The second-order valence-electron chi connectivity index (χ2n) is 4.12. The predicted molar refractivity (Wildman–Crippen MR) is 78.9 cm³/mol. The van der Waals surface area contributed by atoms with Gasteiger partial charge in [-0.3, -0.25) is 0 Å². The molecule has 5 nitrogen and oxygen atoms in total. The number of ether oxygens (including phenoxy) is 2. The molecule has 1 aromatic heterocycles. The first-order valence-electron chi connectivity index (χ1n) is 5.85. The van der Waals surface area contributed by atoms with Crippen molar-refractivity contribution in [3.05, 3.63) is 22.9 Å². The highest BCUT2D eigenvalue weighted by Crippen LogP contribution is 2.32. The van der Waals surface area contributed by atoms with Crippen LogP contribution in [0, 0.1) is 0 Å². The second kappa shape index (κ2) is 6.16. The summed E-state index contributed by atoms with van der Waals surface area (Å²) in [5.41, 5.74) is 0.877. The lowest BCUT2D eigenvalue weighted by atomic mass is 10.2. The third kappa shape index (κ3) is 2.96. The maximum atomic E-state index is 5.32. The molecule has 6 heteroatoms. The van der Waals surface area contributed by atoms with E-state index in [1.165, 1.54) is 0 Å². The summed E-state index contributed by atoms with van der Waals surface area (Å²) in [5, 5.41) is 0.959. The van der Waals surface area contributed by atoms with Gasteiger partial charge in [0, 0.05) is 26.1 Å². The van der Waals surface area contributed by atoms with Crippen molar-refractivity contribution in [1.29, 1.82) is 0 Å². The zero-order valence-electron chi connectivity index (χ0n) is 11.2. The molecule has 0 spiro atoms. The first kappa shape index (κ1) is 14.0. The maximum Gasteiger partial charge on any atom is 0.139 e. The number of rotatable bonds is 5. The molecule has 0 amide bonds. The van der Waals surface area contributed by atoms with E-state index in [1.807, 2.05) is 24.1 Å². The second-order valence-corrected chi connectivity index (χ2v) is 4.97. The summed E-state index contributed by atoms with van der Waals surface area (Å²) in [6.45, 7) is 1.41. The maximum absolute atomic E-state index is 5.32. The van der Waals surface area contributed by atoms with Crippen LogP contribution in [0.1, 0.15) is 0 Å². The lowest BCUT2D eigenvalue weighted by molar-refractivity contribution is 0.206. The number of hydrogen-bond acceptors (Lipinski definition) is 5. The number of benzene rings is 1. The largest absolute Gasteiger partial charge is 0.496 e. The zero-order chi connectivity index (χ0) is 13.8. The lowest BCUT2D eigenvalue weighted by Crippen LogP contribution is -2.23. The minimum atomic E-state index is 0.648. The Hall–Kier alpha value is -1.40. The Morgan fingerprint density at radius 3 is 2.74 bits per heavy atom. The van der Waals surface area contributed by atoms with E-state index in [1.54, 1.807) is 20.5 Å². The molecule has 0 atom stereocenters. The predicted octanol–water partition coefficient (Wildman–Crippen LogP) is 2.48. The smallest absolute Gasteiger partial charge is 0.139 e. The number of likely N-dealkylation sites (N-methyl/N-ethyl adjacent to an activating group) is 1. The van der Waals surface area contributed by atoms with Crippen LogP contribution in [0.5, 0.6) is 5.75 Å². The first-order valence-corrected chi connectivity index (χ1v) is 6.65. The molecule has 0 radical (unpaired) electrons.